The second-order valence-electron chi connectivity index (χ2n) is 3.92. The zero-order valence-corrected chi connectivity index (χ0v) is 9.98. The van der Waals surface area contributed by atoms with Gasteiger partial charge in [-0.25, -0.2) is 0 Å². The van der Waals surface area contributed by atoms with Crippen molar-refractivity contribution in [3.8, 4) is 0 Å². The van der Waals surface area contributed by atoms with Gasteiger partial charge in [-0.05, 0) is 24.3 Å². The molecule has 0 spiro atoms. The molecule has 0 aliphatic rings. The van der Waals surface area contributed by atoms with Crippen LogP contribution in [0.4, 0.5) is 11.4 Å². The predicted molar refractivity (Wildman–Crippen MR) is 70.2 cm³/mol. The maximum atomic E-state index is 8.86. The van der Waals surface area contributed by atoms with Crippen LogP contribution < -0.4 is 4.90 Å². The van der Waals surface area contributed by atoms with Gasteiger partial charge in [0, 0.05) is 17.9 Å². The van der Waals surface area contributed by atoms with Gasteiger partial charge in [0.1, 0.15) is 0 Å². The molecular weight excluding hydrogens is 228 g/mol. The van der Waals surface area contributed by atoms with Gasteiger partial charge in [0.2, 0.25) is 0 Å². The number of hydroxylamine groups is 2. The Morgan fingerprint density at radius 3 is 1.50 bits per heavy atom. The van der Waals surface area contributed by atoms with Crippen molar-refractivity contribution < 1.29 is 10.4 Å². The zero-order valence-electron chi connectivity index (χ0n) is 9.98. The van der Waals surface area contributed by atoms with Crippen LogP contribution in [0.2, 0.25) is 0 Å². The molecule has 0 bridgehead atoms. The van der Waals surface area contributed by atoms with Gasteiger partial charge >= 0.3 is 0 Å². The van der Waals surface area contributed by atoms with E-state index in [9.17, 15) is 0 Å². The number of nitrogens with zero attached hydrogens (tertiary/aromatic N) is 2. The van der Waals surface area contributed by atoms with Gasteiger partial charge < -0.3 is 4.90 Å². The van der Waals surface area contributed by atoms with Gasteiger partial charge in [-0.2, -0.15) is 0 Å². The van der Waals surface area contributed by atoms with Crippen LogP contribution in [0, 0.1) is 0 Å². The minimum absolute atomic E-state index is 0.143. The molecule has 0 heterocycles. The first-order valence-electron chi connectivity index (χ1n) is 5.80. The molecule has 0 saturated carbocycles. The molecule has 2 N–H and O–H groups in total. The Balaban J connectivity index is 2.24. The monoisotopic (exact) mass is 244 g/mol. The molecule has 94 valence electrons. The molecule has 2 aromatic carbocycles. The lowest BCUT2D eigenvalue weighted by molar-refractivity contribution is -0.304. The maximum Gasteiger partial charge on any atom is 0.0692 e. The Morgan fingerprint density at radius 2 is 1.11 bits per heavy atom. The average molecular weight is 244 g/mol. The van der Waals surface area contributed by atoms with Crippen molar-refractivity contribution in [2.45, 2.75) is 0 Å². The summed E-state index contributed by atoms with van der Waals surface area (Å²) in [4.78, 5) is 2.03. The van der Waals surface area contributed by atoms with E-state index in [1.165, 1.54) is 0 Å². The van der Waals surface area contributed by atoms with Crippen LogP contribution in [0.15, 0.2) is 60.7 Å². The number of hydrogen-bond acceptors (Lipinski definition) is 4. The largest absolute Gasteiger partial charge is 0.340 e. The van der Waals surface area contributed by atoms with E-state index in [0.29, 0.717) is 6.54 Å². The predicted octanol–water partition coefficient (Wildman–Crippen LogP) is 2.91. The van der Waals surface area contributed by atoms with E-state index < -0.39 is 0 Å². The van der Waals surface area contributed by atoms with Crippen molar-refractivity contribution in [3.05, 3.63) is 60.7 Å². The summed E-state index contributed by atoms with van der Waals surface area (Å²) in [7, 11) is 0. The zero-order chi connectivity index (χ0) is 12.8. The Kier molecular flexibility index (Phi) is 4.30. The highest BCUT2D eigenvalue weighted by atomic mass is 16.8. The van der Waals surface area contributed by atoms with Crippen molar-refractivity contribution in [2.75, 3.05) is 18.0 Å². The molecule has 0 aliphatic heterocycles. The van der Waals surface area contributed by atoms with E-state index in [4.69, 9.17) is 10.4 Å². The third kappa shape index (κ3) is 3.30. The number of rotatable bonds is 5. The molecule has 0 aliphatic carbocycles. The fraction of sp³-hybridized carbons (Fsp3) is 0.143. The molecular formula is C14H16N2O2. The van der Waals surface area contributed by atoms with Crippen molar-refractivity contribution in [2.24, 2.45) is 0 Å². The first-order chi connectivity index (χ1) is 8.77. The summed E-state index contributed by atoms with van der Waals surface area (Å²) in [6, 6.07) is 19.7. The molecule has 0 atom stereocenters. The Labute approximate surface area is 106 Å². The quantitative estimate of drug-likeness (QED) is 0.794. The molecule has 0 fully saturated rings. The Hall–Kier alpha value is -1.88. The lowest BCUT2D eigenvalue weighted by Gasteiger charge is -2.25. The number of anilines is 2. The molecule has 0 amide bonds. The third-order valence-electron chi connectivity index (χ3n) is 2.66. The minimum Gasteiger partial charge on any atom is -0.340 e. The van der Waals surface area contributed by atoms with Crippen molar-refractivity contribution in [3.63, 3.8) is 0 Å². The molecule has 2 aromatic rings. The maximum absolute atomic E-state index is 8.86. The minimum atomic E-state index is 0.143. The fourth-order valence-corrected chi connectivity index (χ4v) is 1.81. The van der Waals surface area contributed by atoms with E-state index in [1.807, 2.05) is 65.6 Å². The van der Waals surface area contributed by atoms with E-state index >= 15 is 0 Å². The number of hydrogen-bond donors (Lipinski definition) is 2. The van der Waals surface area contributed by atoms with Crippen LogP contribution >= 0.6 is 0 Å². The second kappa shape index (κ2) is 6.16. The number of benzene rings is 2. The SMILES string of the molecule is ON(O)CCN(c1ccccc1)c1ccccc1. The van der Waals surface area contributed by atoms with E-state index in [0.717, 1.165) is 11.4 Å². The Morgan fingerprint density at radius 1 is 0.667 bits per heavy atom. The van der Waals surface area contributed by atoms with Gasteiger partial charge in [0.05, 0.1) is 6.54 Å². The van der Waals surface area contributed by atoms with Gasteiger partial charge in [-0.3, -0.25) is 10.4 Å². The van der Waals surface area contributed by atoms with Gasteiger partial charge in [-0.15, -0.1) is 0 Å². The summed E-state index contributed by atoms with van der Waals surface area (Å²) in [5.74, 6) is 0. The highest BCUT2D eigenvalue weighted by Crippen LogP contribution is 2.24. The molecule has 0 aromatic heterocycles. The summed E-state index contributed by atoms with van der Waals surface area (Å²) >= 11 is 0. The average Bonchev–Trinajstić information content (AvgIpc) is 2.41. The lowest BCUT2D eigenvalue weighted by Crippen LogP contribution is -2.28. The molecule has 0 radical (unpaired) electrons. The highest BCUT2D eigenvalue weighted by Gasteiger charge is 2.09. The van der Waals surface area contributed by atoms with Crippen molar-refractivity contribution in [1.82, 2.24) is 5.23 Å². The van der Waals surface area contributed by atoms with Crippen molar-refractivity contribution in [1.29, 1.82) is 0 Å². The third-order valence-corrected chi connectivity index (χ3v) is 2.66. The molecule has 0 saturated heterocycles. The summed E-state index contributed by atoms with van der Waals surface area (Å²) in [5.41, 5.74) is 2.04. The summed E-state index contributed by atoms with van der Waals surface area (Å²) < 4.78 is 0. The standard InChI is InChI=1S/C14H16N2O2/c17-16(18)12-11-15(13-7-3-1-4-8-13)14-9-5-2-6-10-14/h1-10,17-18H,11-12H2. The van der Waals surface area contributed by atoms with E-state index in [-0.39, 0.29) is 11.8 Å². The van der Waals surface area contributed by atoms with Gasteiger partial charge in [0.15, 0.2) is 0 Å². The topological polar surface area (TPSA) is 46.9 Å². The van der Waals surface area contributed by atoms with Crippen molar-refractivity contribution >= 4 is 11.4 Å². The lowest BCUT2D eigenvalue weighted by atomic mass is 10.2. The molecule has 18 heavy (non-hydrogen) atoms. The smallest absolute Gasteiger partial charge is 0.0692 e. The first kappa shape index (κ1) is 12.6. The second-order valence-corrected chi connectivity index (χ2v) is 3.92. The van der Waals surface area contributed by atoms with Crippen LogP contribution in [0.1, 0.15) is 0 Å². The molecule has 4 heteroatoms. The van der Waals surface area contributed by atoms with Crippen LogP contribution in [-0.4, -0.2) is 28.7 Å². The van der Waals surface area contributed by atoms with E-state index in [1.54, 1.807) is 0 Å². The van der Waals surface area contributed by atoms with Crippen LogP contribution in [0.25, 0.3) is 0 Å². The van der Waals surface area contributed by atoms with E-state index in [2.05, 4.69) is 0 Å². The van der Waals surface area contributed by atoms with Crippen LogP contribution in [0.5, 0.6) is 0 Å². The summed E-state index contributed by atoms with van der Waals surface area (Å²) in [6.45, 7) is 0.630. The van der Waals surface area contributed by atoms with Crippen LogP contribution in [-0.2, 0) is 0 Å². The van der Waals surface area contributed by atoms with Gasteiger partial charge in [-0.1, -0.05) is 41.6 Å². The Bertz CT molecular complexity index is 420. The summed E-state index contributed by atoms with van der Waals surface area (Å²) in [6.07, 6.45) is 0. The van der Waals surface area contributed by atoms with Crippen LogP contribution in [0.3, 0.4) is 0 Å². The molecule has 0 unspecified atom stereocenters. The molecule has 2 rings (SSSR count). The first-order valence-corrected chi connectivity index (χ1v) is 5.80. The normalized spacial score (nSPS) is 10.6. The molecule has 4 nitrogen and oxygen atoms in total. The highest BCUT2D eigenvalue weighted by molar-refractivity contribution is 5.62. The number of para-hydroxylation sites is 2. The fourth-order valence-electron chi connectivity index (χ4n) is 1.81. The summed E-state index contributed by atoms with van der Waals surface area (Å²) in [5, 5.41) is 17.9. The van der Waals surface area contributed by atoms with Gasteiger partial charge in [0.25, 0.3) is 0 Å².